The first-order valence-corrected chi connectivity index (χ1v) is 9.95. The van der Waals surface area contributed by atoms with Gasteiger partial charge in [0.2, 0.25) is 15.9 Å². The van der Waals surface area contributed by atoms with Gasteiger partial charge in [-0.25, -0.2) is 8.42 Å². The van der Waals surface area contributed by atoms with Crippen LogP contribution < -0.4 is 10.1 Å². The fraction of sp³-hybridized carbons (Fsp3) is 0.316. The molecule has 7 heteroatoms. The van der Waals surface area contributed by atoms with Gasteiger partial charge in [0.1, 0.15) is 5.75 Å². The van der Waals surface area contributed by atoms with Gasteiger partial charge in [-0.05, 0) is 49.2 Å². The molecule has 3 rings (SSSR count). The van der Waals surface area contributed by atoms with Crippen LogP contribution in [0.3, 0.4) is 0 Å². The summed E-state index contributed by atoms with van der Waals surface area (Å²) >= 11 is 0. The molecule has 2 aromatic rings. The molecule has 0 radical (unpaired) electrons. The maximum Gasteiger partial charge on any atom is 0.243 e. The summed E-state index contributed by atoms with van der Waals surface area (Å²) in [6.45, 7) is 0.608. The highest BCUT2D eigenvalue weighted by atomic mass is 32.2. The van der Waals surface area contributed by atoms with E-state index in [0.717, 1.165) is 0 Å². The Bertz CT molecular complexity index is 851. The number of para-hydroxylation sites is 1. The molecule has 26 heavy (non-hydrogen) atoms. The summed E-state index contributed by atoms with van der Waals surface area (Å²) < 4.78 is 32.2. The van der Waals surface area contributed by atoms with Crippen molar-refractivity contribution >= 4 is 21.6 Å². The summed E-state index contributed by atoms with van der Waals surface area (Å²) in [5, 5.41) is 2.86. The number of methoxy groups -OCH3 is 1. The van der Waals surface area contributed by atoms with Gasteiger partial charge in [-0.2, -0.15) is 4.31 Å². The topological polar surface area (TPSA) is 75.7 Å². The highest BCUT2D eigenvalue weighted by Gasteiger charge is 2.33. The number of nitrogens with zero attached hydrogens (tertiary/aromatic N) is 1. The van der Waals surface area contributed by atoms with E-state index in [9.17, 15) is 13.2 Å². The molecule has 0 aromatic heterocycles. The van der Waals surface area contributed by atoms with E-state index in [2.05, 4.69) is 5.32 Å². The molecule has 0 spiro atoms. The number of nitrogens with one attached hydrogen (secondary N) is 1. The van der Waals surface area contributed by atoms with Gasteiger partial charge < -0.3 is 10.1 Å². The number of piperidine rings is 1. The Labute approximate surface area is 153 Å². The van der Waals surface area contributed by atoms with Crippen molar-refractivity contribution in [3.8, 4) is 5.75 Å². The SMILES string of the molecule is COc1ccc(S(=O)(=O)N2CCC[C@@H](C(=O)Nc3ccccc3)C2)cc1. The largest absolute Gasteiger partial charge is 0.497 e. The van der Waals surface area contributed by atoms with Gasteiger partial charge in [-0.15, -0.1) is 0 Å². The Balaban J connectivity index is 1.71. The van der Waals surface area contributed by atoms with Crippen LogP contribution in [0, 0.1) is 5.92 Å². The zero-order valence-corrected chi connectivity index (χ0v) is 15.4. The summed E-state index contributed by atoms with van der Waals surface area (Å²) in [5.41, 5.74) is 0.715. The van der Waals surface area contributed by atoms with Crippen molar-refractivity contribution < 1.29 is 17.9 Å². The predicted octanol–water partition coefficient (Wildman–Crippen LogP) is 2.73. The monoisotopic (exact) mass is 374 g/mol. The summed E-state index contributed by atoms with van der Waals surface area (Å²) in [4.78, 5) is 12.7. The number of ether oxygens (including phenoxy) is 1. The number of hydrogen-bond donors (Lipinski definition) is 1. The molecule has 1 atom stereocenters. The summed E-state index contributed by atoms with van der Waals surface area (Å²) in [7, 11) is -2.10. The van der Waals surface area contributed by atoms with Crippen LogP contribution in [-0.4, -0.2) is 38.8 Å². The molecule has 1 heterocycles. The lowest BCUT2D eigenvalue weighted by molar-refractivity contribution is -0.120. The smallest absolute Gasteiger partial charge is 0.243 e. The molecule has 0 unspecified atom stereocenters. The van der Waals surface area contributed by atoms with Crippen LogP contribution in [0.1, 0.15) is 12.8 Å². The third kappa shape index (κ3) is 4.05. The van der Waals surface area contributed by atoms with Crippen molar-refractivity contribution in [1.29, 1.82) is 0 Å². The Morgan fingerprint density at radius 1 is 1.12 bits per heavy atom. The molecule has 1 fully saturated rings. The van der Waals surface area contributed by atoms with E-state index in [1.54, 1.807) is 12.1 Å². The van der Waals surface area contributed by atoms with Gasteiger partial charge in [0.25, 0.3) is 0 Å². The molecule has 1 N–H and O–H groups in total. The third-order valence-corrected chi connectivity index (χ3v) is 6.37. The van der Waals surface area contributed by atoms with Crippen LogP contribution in [0.4, 0.5) is 5.69 Å². The number of benzene rings is 2. The maximum atomic E-state index is 12.9. The molecular weight excluding hydrogens is 352 g/mol. The molecule has 0 bridgehead atoms. The van der Waals surface area contributed by atoms with Gasteiger partial charge >= 0.3 is 0 Å². The first-order valence-electron chi connectivity index (χ1n) is 8.51. The Morgan fingerprint density at radius 2 is 1.81 bits per heavy atom. The van der Waals surface area contributed by atoms with Crippen LogP contribution in [-0.2, 0) is 14.8 Å². The molecular formula is C19H22N2O4S. The number of sulfonamides is 1. The summed E-state index contributed by atoms with van der Waals surface area (Å²) in [6.07, 6.45) is 1.33. The molecule has 138 valence electrons. The lowest BCUT2D eigenvalue weighted by atomic mass is 9.99. The predicted molar refractivity (Wildman–Crippen MR) is 99.5 cm³/mol. The lowest BCUT2D eigenvalue weighted by Crippen LogP contribution is -2.43. The van der Waals surface area contributed by atoms with E-state index < -0.39 is 10.0 Å². The minimum absolute atomic E-state index is 0.147. The number of anilines is 1. The van der Waals surface area contributed by atoms with Gasteiger partial charge in [0.15, 0.2) is 0 Å². The van der Waals surface area contributed by atoms with E-state index in [4.69, 9.17) is 4.74 Å². The van der Waals surface area contributed by atoms with Crippen LogP contribution in [0.15, 0.2) is 59.5 Å². The van der Waals surface area contributed by atoms with Gasteiger partial charge in [-0.3, -0.25) is 4.79 Å². The molecule has 1 amide bonds. The highest BCUT2D eigenvalue weighted by molar-refractivity contribution is 7.89. The van der Waals surface area contributed by atoms with Gasteiger partial charge in [0.05, 0.1) is 17.9 Å². The number of hydrogen-bond acceptors (Lipinski definition) is 4. The number of carbonyl (C=O) groups excluding carboxylic acids is 1. The van der Waals surface area contributed by atoms with E-state index in [0.29, 0.717) is 30.8 Å². The van der Waals surface area contributed by atoms with Crippen LogP contribution in [0.2, 0.25) is 0 Å². The number of rotatable bonds is 5. The number of amides is 1. The number of carbonyl (C=O) groups is 1. The first-order chi connectivity index (χ1) is 12.5. The lowest BCUT2D eigenvalue weighted by Gasteiger charge is -2.31. The van der Waals surface area contributed by atoms with Crippen LogP contribution >= 0.6 is 0 Å². The molecule has 0 saturated carbocycles. The fourth-order valence-corrected chi connectivity index (χ4v) is 4.56. The van der Waals surface area contributed by atoms with E-state index in [1.807, 2.05) is 30.3 Å². The minimum Gasteiger partial charge on any atom is -0.497 e. The van der Waals surface area contributed by atoms with E-state index in [-0.39, 0.29) is 23.3 Å². The van der Waals surface area contributed by atoms with E-state index in [1.165, 1.54) is 23.5 Å². The normalized spacial score (nSPS) is 18.3. The third-order valence-electron chi connectivity index (χ3n) is 4.49. The van der Waals surface area contributed by atoms with Crippen molar-refractivity contribution in [2.75, 3.05) is 25.5 Å². The second-order valence-electron chi connectivity index (χ2n) is 6.23. The first kappa shape index (κ1) is 18.4. The minimum atomic E-state index is -3.63. The second kappa shape index (κ2) is 7.88. The van der Waals surface area contributed by atoms with Gasteiger partial charge in [0, 0.05) is 18.8 Å². The van der Waals surface area contributed by atoms with Crippen molar-refractivity contribution in [2.45, 2.75) is 17.7 Å². The molecule has 1 saturated heterocycles. The highest BCUT2D eigenvalue weighted by Crippen LogP contribution is 2.26. The zero-order chi connectivity index (χ0) is 18.6. The second-order valence-corrected chi connectivity index (χ2v) is 8.17. The molecule has 0 aliphatic carbocycles. The fourth-order valence-electron chi connectivity index (χ4n) is 3.04. The Morgan fingerprint density at radius 3 is 2.46 bits per heavy atom. The van der Waals surface area contributed by atoms with E-state index >= 15 is 0 Å². The molecule has 6 nitrogen and oxygen atoms in total. The summed E-state index contributed by atoms with van der Waals surface area (Å²) in [6, 6.07) is 15.5. The average Bonchev–Trinajstić information content (AvgIpc) is 2.69. The summed E-state index contributed by atoms with van der Waals surface area (Å²) in [5.74, 6) is 0.0884. The van der Waals surface area contributed by atoms with Crippen LogP contribution in [0.5, 0.6) is 5.75 Å². The van der Waals surface area contributed by atoms with Crippen molar-refractivity contribution in [1.82, 2.24) is 4.31 Å². The van der Waals surface area contributed by atoms with Crippen molar-refractivity contribution in [3.05, 3.63) is 54.6 Å². The average molecular weight is 374 g/mol. The van der Waals surface area contributed by atoms with Crippen LogP contribution in [0.25, 0.3) is 0 Å². The van der Waals surface area contributed by atoms with Crippen molar-refractivity contribution in [2.24, 2.45) is 5.92 Å². The molecule has 1 aliphatic heterocycles. The maximum absolute atomic E-state index is 12.9. The zero-order valence-electron chi connectivity index (χ0n) is 14.6. The standard InChI is InChI=1S/C19H22N2O4S/c1-25-17-9-11-18(12-10-17)26(23,24)21-13-5-6-15(14-21)19(22)20-16-7-3-2-4-8-16/h2-4,7-12,15H,5-6,13-14H2,1H3,(H,20,22)/t15-/m1/s1. The van der Waals surface area contributed by atoms with Crippen molar-refractivity contribution in [3.63, 3.8) is 0 Å². The molecule has 2 aromatic carbocycles. The van der Waals surface area contributed by atoms with Gasteiger partial charge in [-0.1, -0.05) is 18.2 Å². The Hall–Kier alpha value is -2.38. The quantitative estimate of drug-likeness (QED) is 0.873. The Kier molecular flexibility index (Phi) is 5.58. The molecule has 1 aliphatic rings.